The second-order valence-corrected chi connectivity index (χ2v) is 24.6. The normalized spacial score (nSPS) is 18.8. The summed E-state index contributed by atoms with van der Waals surface area (Å²) >= 11 is 0. The third-order valence-corrected chi connectivity index (χ3v) is 16.7. The molecule has 1 amide bonds. The maximum absolute atomic E-state index is 13.5. The monoisotopic (exact) mass is 1170 g/mol. The Balaban J connectivity index is 2.56. The van der Waals surface area contributed by atoms with Gasteiger partial charge in [0, 0.05) is 6.42 Å². The average molecular weight is 1170 g/mol. The van der Waals surface area contributed by atoms with E-state index in [1.54, 1.807) is 6.08 Å². The first kappa shape index (κ1) is 78.6. The molecule has 6 N–H and O–H groups in total. The van der Waals surface area contributed by atoms with Gasteiger partial charge in [-0.3, -0.25) is 9.59 Å². The van der Waals surface area contributed by atoms with Crippen LogP contribution < -0.4 is 5.32 Å². The Morgan fingerprint density at radius 1 is 0.470 bits per heavy atom. The van der Waals surface area contributed by atoms with E-state index in [0.29, 0.717) is 19.3 Å². The molecule has 1 aliphatic heterocycles. The van der Waals surface area contributed by atoms with Gasteiger partial charge in [0.15, 0.2) is 12.4 Å². The molecule has 83 heavy (non-hydrogen) atoms. The molecule has 486 valence electrons. The number of aliphatic hydroxyl groups is 5. The van der Waals surface area contributed by atoms with Crippen molar-refractivity contribution in [3.05, 3.63) is 48.6 Å². The number of allylic oxidation sites excluding steroid dienone is 7. The number of esters is 1. The molecule has 1 rings (SSSR count). The van der Waals surface area contributed by atoms with E-state index in [0.717, 1.165) is 64.2 Å². The van der Waals surface area contributed by atoms with Crippen LogP contribution in [-0.2, 0) is 23.8 Å². The summed E-state index contributed by atoms with van der Waals surface area (Å²) in [6.07, 6.45) is 64.4. The van der Waals surface area contributed by atoms with Crippen LogP contribution in [0.4, 0.5) is 0 Å². The Morgan fingerprint density at radius 3 is 1.27 bits per heavy atom. The van der Waals surface area contributed by atoms with E-state index in [2.05, 4.69) is 62.5 Å². The van der Waals surface area contributed by atoms with Crippen molar-refractivity contribution >= 4 is 11.9 Å². The highest BCUT2D eigenvalue weighted by atomic mass is 16.7. The van der Waals surface area contributed by atoms with Crippen LogP contribution >= 0.6 is 0 Å². The molecule has 0 bridgehead atoms. The van der Waals surface area contributed by atoms with Crippen molar-refractivity contribution in [1.82, 2.24) is 5.32 Å². The first-order chi connectivity index (χ1) is 40.7. The molecule has 1 heterocycles. The molecule has 0 aromatic rings. The van der Waals surface area contributed by atoms with Gasteiger partial charge in [0.2, 0.25) is 5.91 Å². The van der Waals surface area contributed by atoms with Crippen LogP contribution in [0.25, 0.3) is 0 Å². The molecule has 0 aliphatic carbocycles. The van der Waals surface area contributed by atoms with E-state index < -0.39 is 67.4 Å². The number of hydrogen-bond acceptors (Lipinski definition) is 10. The van der Waals surface area contributed by atoms with Crippen molar-refractivity contribution in [3.8, 4) is 0 Å². The van der Waals surface area contributed by atoms with Crippen LogP contribution in [0.15, 0.2) is 48.6 Å². The topological polar surface area (TPSA) is 175 Å². The molecule has 8 atom stereocenters. The lowest BCUT2D eigenvalue weighted by Gasteiger charge is -2.41. The number of unbranched alkanes of at least 4 members (excludes halogenated alkanes) is 41. The number of amides is 1. The van der Waals surface area contributed by atoms with Gasteiger partial charge in [-0.05, 0) is 83.5 Å². The van der Waals surface area contributed by atoms with Crippen molar-refractivity contribution in [3.63, 3.8) is 0 Å². The van der Waals surface area contributed by atoms with Crippen LogP contribution in [0.2, 0.25) is 0 Å². The smallest absolute Gasteiger partial charge is 0.306 e. The standard InChI is InChI=1S/C72H133NO10/c1-4-7-10-13-16-19-22-24-26-28-30-32-34-35-37-39-41-44-47-50-53-56-59-65(76)71(80)73-63(64(75)58-55-52-49-46-43-21-18-15-12-9-6-3)62-81-72-70(69(79)68(78)66(61-74)82-72)83-67(77)60-57-54-51-48-45-42-40-38-36-33-31-29-27-25-23-20-17-14-11-8-5-2/h17,20,24-27,55,58,63-66,68-70,72,74-76,78-79H,4-16,18-19,21-23,28-54,56-57,59-62H2,1-3H3,(H,73,80)/b20-17-,26-24+,27-25-,58-55+. The summed E-state index contributed by atoms with van der Waals surface area (Å²) in [7, 11) is 0. The molecule has 0 saturated carbocycles. The van der Waals surface area contributed by atoms with Gasteiger partial charge in [0.05, 0.1) is 25.4 Å². The zero-order valence-corrected chi connectivity index (χ0v) is 54.1. The molecule has 1 saturated heterocycles. The van der Waals surface area contributed by atoms with Gasteiger partial charge >= 0.3 is 5.97 Å². The number of hydrogen-bond donors (Lipinski definition) is 6. The minimum absolute atomic E-state index is 0.123. The lowest BCUT2D eigenvalue weighted by Crippen LogP contribution is -2.61. The van der Waals surface area contributed by atoms with Gasteiger partial charge < -0.3 is 45.1 Å². The molecule has 1 fully saturated rings. The van der Waals surface area contributed by atoms with Gasteiger partial charge in [0.1, 0.15) is 24.4 Å². The largest absolute Gasteiger partial charge is 0.454 e. The summed E-state index contributed by atoms with van der Waals surface area (Å²) in [5.74, 6) is -1.19. The quantitative estimate of drug-likeness (QED) is 0.0195. The fraction of sp³-hybridized carbons (Fsp3) is 0.861. The van der Waals surface area contributed by atoms with Gasteiger partial charge in [-0.2, -0.15) is 0 Å². The Hall–Kier alpha value is -2.38. The van der Waals surface area contributed by atoms with Crippen molar-refractivity contribution in [2.45, 2.75) is 384 Å². The van der Waals surface area contributed by atoms with Gasteiger partial charge in [-0.15, -0.1) is 0 Å². The summed E-state index contributed by atoms with van der Waals surface area (Å²) in [5.41, 5.74) is 0. The zero-order chi connectivity index (χ0) is 60.3. The second-order valence-electron chi connectivity index (χ2n) is 24.6. The van der Waals surface area contributed by atoms with Crippen molar-refractivity contribution < 1.29 is 49.3 Å². The summed E-state index contributed by atoms with van der Waals surface area (Å²) in [6.45, 7) is 5.80. The molecule has 0 aromatic carbocycles. The van der Waals surface area contributed by atoms with E-state index in [4.69, 9.17) is 14.2 Å². The van der Waals surface area contributed by atoms with E-state index in [1.807, 2.05) is 6.08 Å². The van der Waals surface area contributed by atoms with Gasteiger partial charge in [0.25, 0.3) is 0 Å². The lowest BCUT2D eigenvalue weighted by molar-refractivity contribution is -0.305. The SMILES string of the molecule is CCCCC/C=C\C/C=C\CCCCCCCCCCCCCC(=O)OC1C(OCC(NC(=O)C(O)CCCCCCCCCCCCCC/C=C/CCCCCCCC)C(O)/C=C/CCCCCCCCCCC)OC(CO)C(O)C1O. The van der Waals surface area contributed by atoms with Gasteiger partial charge in [-0.1, -0.05) is 294 Å². The Labute approximate surface area is 510 Å². The number of carbonyl (C=O) groups excluding carboxylic acids is 2. The molecule has 11 nitrogen and oxygen atoms in total. The number of rotatable bonds is 61. The predicted molar refractivity (Wildman–Crippen MR) is 347 cm³/mol. The minimum atomic E-state index is -1.61. The fourth-order valence-corrected chi connectivity index (χ4v) is 11.1. The van der Waals surface area contributed by atoms with E-state index >= 15 is 0 Å². The highest BCUT2D eigenvalue weighted by Gasteiger charge is 2.47. The van der Waals surface area contributed by atoms with Crippen LogP contribution in [0.1, 0.15) is 335 Å². The number of carbonyl (C=O) groups is 2. The Morgan fingerprint density at radius 2 is 0.831 bits per heavy atom. The molecular weight excluding hydrogens is 1040 g/mol. The van der Waals surface area contributed by atoms with Crippen molar-refractivity contribution in [2.75, 3.05) is 13.2 Å². The molecule has 0 spiro atoms. The lowest BCUT2D eigenvalue weighted by atomic mass is 9.99. The third-order valence-electron chi connectivity index (χ3n) is 16.7. The van der Waals surface area contributed by atoms with E-state index in [-0.39, 0.29) is 13.0 Å². The summed E-state index contributed by atoms with van der Waals surface area (Å²) in [6, 6.07) is -1.02. The first-order valence-electron chi connectivity index (χ1n) is 35.4. The summed E-state index contributed by atoms with van der Waals surface area (Å²) < 4.78 is 17.7. The molecule has 11 heteroatoms. The van der Waals surface area contributed by atoms with Gasteiger partial charge in [-0.25, -0.2) is 0 Å². The maximum atomic E-state index is 13.5. The van der Waals surface area contributed by atoms with E-state index in [1.165, 1.54) is 225 Å². The highest BCUT2D eigenvalue weighted by Crippen LogP contribution is 2.26. The molecule has 8 unspecified atom stereocenters. The first-order valence-corrected chi connectivity index (χ1v) is 35.4. The number of aliphatic hydroxyl groups excluding tert-OH is 5. The highest BCUT2D eigenvalue weighted by molar-refractivity contribution is 5.80. The van der Waals surface area contributed by atoms with Crippen LogP contribution in [0.3, 0.4) is 0 Å². The fourth-order valence-electron chi connectivity index (χ4n) is 11.1. The summed E-state index contributed by atoms with van der Waals surface area (Å²) in [5, 5.41) is 57.2. The molecule has 1 aliphatic rings. The van der Waals surface area contributed by atoms with Crippen LogP contribution in [0, 0.1) is 0 Å². The second kappa shape index (κ2) is 59.9. The van der Waals surface area contributed by atoms with Crippen molar-refractivity contribution in [2.24, 2.45) is 0 Å². The third kappa shape index (κ3) is 47.4. The van der Waals surface area contributed by atoms with E-state index in [9.17, 15) is 35.1 Å². The number of nitrogens with one attached hydrogen (secondary N) is 1. The summed E-state index contributed by atoms with van der Waals surface area (Å²) in [4.78, 5) is 26.7. The number of ether oxygens (including phenoxy) is 3. The molecule has 0 radical (unpaired) electrons. The maximum Gasteiger partial charge on any atom is 0.306 e. The van der Waals surface area contributed by atoms with Crippen LogP contribution in [0.5, 0.6) is 0 Å². The Bertz CT molecular complexity index is 1540. The zero-order valence-electron chi connectivity index (χ0n) is 54.1. The Kier molecular flexibility index (Phi) is 56.8. The molecular formula is C72H133NO10. The average Bonchev–Trinajstić information content (AvgIpc) is 3.69. The van der Waals surface area contributed by atoms with Crippen molar-refractivity contribution in [1.29, 1.82) is 0 Å². The molecule has 0 aromatic heterocycles. The minimum Gasteiger partial charge on any atom is -0.454 e. The van der Waals surface area contributed by atoms with Crippen LogP contribution in [-0.4, -0.2) is 99.6 Å². The predicted octanol–water partition coefficient (Wildman–Crippen LogP) is 18.0.